The first kappa shape index (κ1) is 13.4. The summed E-state index contributed by atoms with van der Waals surface area (Å²) in [5, 5.41) is 4.13. The molecule has 0 fully saturated rings. The van der Waals surface area contributed by atoms with Crippen molar-refractivity contribution in [1.29, 1.82) is 0 Å². The van der Waals surface area contributed by atoms with Crippen molar-refractivity contribution in [3.8, 4) is 11.6 Å². The SMILES string of the molecule is CCS(=O)(=O)c1ccc(-n2nc(OC)cc2N)cc1. The minimum absolute atomic E-state index is 0.0735. The second kappa shape index (κ2) is 4.93. The highest BCUT2D eigenvalue weighted by Crippen LogP contribution is 2.20. The van der Waals surface area contributed by atoms with Crippen LogP contribution in [0, 0.1) is 0 Å². The van der Waals surface area contributed by atoms with Crippen LogP contribution in [0.3, 0.4) is 0 Å². The highest BCUT2D eigenvalue weighted by atomic mass is 32.2. The summed E-state index contributed by atoms with van der Waals surface area (Å²) in [7, 11) is -1.69. The third kappa shape index (κ3) is 2.55. The minimum Gasteiger partial charge on any atom is -0.480 e. The molecule has 0 aliphatic carbocycles. The Kier molecular flexibility index (Phi) is 3.48. The number of anilines is 1. The fraction of sp³-hybridized carbons (Fsp3) is 0.250. The Hall–Kier alpha value is -2.02. The van der Waals surface area contributed by atoms with Crippen molar-refractivity contribution in [3.63, 3.8) is 0 Å². The minimum atomic E-state index is -3.19. The van der Waals surface area contributed by atoms with Crippen LogP contribution in [0.15, 0.2) is 35.2 Å². The summed E-state index contributed by atoms with van der Waals surface area (Å²) in [6.07, 6.45) is 0. The van der Waals surface area contributed by atoms with Gasteiger partial charge in [-0.25, -0.2) is 13.1 Å². The van der Waals surface area contributed by atoms with Crippen molar-refractivity contribution in [2.24, 2.45) is 0 Å². The largest absolute Gasteiger partial charge is 0.480 e. The van der Waals surface area contributed by atoms with Gasteiger partial charge in [0.05, 0.1) is 23.4 Å². The number of nitrogens with two attached hydrogens (primary N) is 1. The zero-order valence-corrected chi connectivity index (χ0v) is 11.5. The molecule has 0 aliphatic heterocycles. The molecule has 0 atom stereocenters. The molecule has 0 unspecified atom stereocenters. The third-order valence-corrected chi connectivity index (χ3v) is 4.49. The molecular formula is C12H15N3O3S. The van der Waals surface area contributed by atoms with E-state index in [1.54, 1.807) is 37.3 Å². The zero-order valence-electron chi connectivity index (χ0n) is 10.7. The number of hydrogen-bond donors (Lipinski definition) is 1. The van der Waals surface area contributed by atoms with Gasteiger partial charge in [0.1, 0.15) is 5.82 Å². The molecule has 1 aromatic heterocycles. The van der Waals surface area contributed by atoms with E-state index in [1.165, 1.54) is 11.8 Å². The highest BCUT2D eigenvalue weighted by molar-refractivity contribution is 7.91. The Bertz CT molecular complexity index is 675. The van der Waals surface area contributed by atoms with Crippen LogP contribution in [-0.2, 0) is 9.84 Å². The molecule has 1 aromatic carbocycles. The van der Waals surface area contributed by atoms with E-state index in [-0.39, 0.29) is 10.6 Å². The summed E-state index contributed by atoms with van der Waals surface area (Å²) >= 11 is 0. The maximum absolute atomic E-state index is 11.7. The molecule has 2 N–H and O–H groups in total. The fourth-order valence-electron chi connectivity index (χ4n) is 1.64. The van der Waals surface area contributed by atoms with E-state index in [0.29, 0.717) is 17.4 Å². The number of methoxy groups -OCH3 is 1. The van der Waals surface area contributed by atoms with Gasteiger partial charge in [-0.05, 0) is 24.3 Å². The van der Waals surface area contributed by atoms with E-state index in [4.69, 9.17) is 10.5 Å². The quantitative estimate of drug-likeness (QED) is 0.911. The topological polar surface area (TPSA) is 87.2 Å². The third-order valence-electron chi connectivity index (χ3n) is 2.74. The average molecular weight is 281 g/mol. The van der Waals surface area contributed by atoms with E-state index in [0.717, 1.165) is 0 Å². The Morgan fingerprint density at radius 1 is 1.32 bits per heavy atom. The number of aromatic nitrogens is 2. The Morgan fingerprint density at radius 3 is 2.42 bits per heavy atom. The average Bonchev–Trinajstić information content (AvgIpc) is 2.80. The summed E-state index contributed by atoms with van der Waals surface area (Å²) in [4.78, 5) is 0.288. The van der Waals surface area contributed by atoms with Gasteiger partial charge in [0, 0.05) is 6.07 Å². The summed E-state index contributed by atoms with van der Waals surface area (Å²) in [6, 6.07) is 8.00. The van der Waals surface area contributed by atoms with Gasteiger partial charge >= 0.3 is 0 Å². The number of hydrogen-bond acceptors (Lipinski definition) is 5. The van der Waals surface area contributed by atoms with Gasteiger partial charge in [0.25, 0.3) is 0 Å². The van der Waals surface area contributed by atoms with Crippen LogP contribution in [0.2, 0.25) is 0 Å². The second-order valence-corrected chi connectivity index (χ2v) is 6.20. The van der Waals surface area contributed by atoms with Crippen LogP contribution in [0.25, 0.3) is 5.69 Å². The van der Waals surface area contributed by atoms with Crippen molar-refractivity contribution in [2.45, 2.75) is 11.8 Å². The number of nitrogen functional groups attached to an aromatic ring is 1. The Morgan fingerprint density at radius 2 is 1.95 bits per heavy atom. The molecule has 0 radical (unpaired) electrons. The predicted molar refractivity (Wildman–Crippen MR) is 72.3 cm³/mol. The van der Waals surface area contributed by atoms with Crippen molar-refractivity contribution >= 4 is 15.7 Å². The maximum atomic E-state index is 11.7. The number of rotatable bonds is 4. The molecule has 0 bridgehead atoms. The van der Waals surface area contributed by atoms with E-state index < -0.39 is 9.84 Å². The van der Waals surface area contributed by atoms with Crippen molar-refractivity contribution in [2.75, 3.05) is 18.6 Å². The molecule has 19 heavy (non-hydrogen) atoms. The van der Waals surface area contributed by atoms with Gasteiger partial charge in [-0.2, -0.15) is 0 Å². The summed E-state index contributed by atoms with van der Waals surface area (Å²) < 4.78 is 29.9. The van der Waals surface area contributed by atoms with Crippen molar-refractivity contribution in [1.82, 2.24) is 9.78 Å². The van der Waals surface area contributed by atoms with Crippen LogP contribution < -0.4 is 10.5 Å². The second-order valence-electron chi connectivity index (χ2n) is 3.92. The molecule has 0 spiro atoms. The first-order valence-corrected chi connectivity index (χ1v) is 7.36. The van der Waals surface area contributed by atoms with Crippen LogP contribution >= 0.6 is 0 Å². The van der Waals surface area contributed by atoms with E-state index in [9.17, 15) is 8.42 Å². The van der Waals surface area contributed by atoms with Crippen LogP contribution in [0.1, 0.15) is 6.92 Å². The summed E-state index contributed by atoms with van der Waals surface area (Å²) in [5.41, 5.74) is 6.48. The molecule has 2 rings (SSSR count). The van der Waals surface area contributed by atoms with Gasteiger partial charge in [-0.1, -0.05) is 6.92 Å². The van der Waals surface area contributed by atoms with Crippen LogP contribution in [-0.4, -0.2) is 31.1 Å². The van der Waals surface area contributed by atoms with E-state index >= 15 is 0 Å². The zero-order chi connectivity index (χ0) is 14.0. The number of ether oxygens (including phenoxy) is 1. The number of sulfone groups is 1. The predicted octanol–water partition coefficient (Wildman–Crippen LogP) is 1.26. The molecule has 0 saturated heterocycles. The lowest BCUT2D eigenvalue weighted by Gasteiger charge is -2.05. The van der Waals surface area contributed by atoms with Crippen LogP contribution in [0.4, 0.5) is 5.82 Å². The van der Waals surface area contributed by atoms with E-state index in [2.05, 4.69) is 5.10 Å². The number of nitrogens with zero attached hydrogens (tertiary/aromatic N) is 2. The van der Waals surface area contributed by atoms with Gasteiger partial charge < -0.3 is 10.5 Å². The molecule has 0 amide bonds. The molecule has 2 aromatic rings. The van der Waals surface area contributed by atoms with E-state index in [1.807, 2.05) is 0 Å². The first-order valence-electron chi connectivity index (χ1n) is 5.70. The molecule has 7 heteroatoms. The summed E-state index contributed by atoms with van der Waals surface area (Å²) in [5.74, 6) is 0.898. The fourth-order valence-corrected chi connectivity index (χ4v) is 2.52. The van der Waals surface area contributed by atoms with Gasteiger partial charge in [-0.3, -0.25) is 0 Å². The number of benzene rings is 1. The van der Waals surface area contributed by atoms with Crippen LogP contribution in [0.5, 0.6) is 5.88 Å². The van der Waals surface area contributed by atoms with Gasteiger partial charge in [-0.15, -0.1) is 5.10 Å². The monoisotopic (exact) mass is 281 g/mol. The normalized spacial score (nSPS) is 11.5. The molecule has 0 saturated carbocycles. The first-order chi connectivity index (χ1) is 8.97. The Balaban J connectivity index is 2.40. The van der Waals surface area contributed by atoms with Gasteiger partial charge in [0.15, 0.2) is 9.84 Å². The smallest absolute Gasteiger partial charge is 0.235 e. The molecule has 6 nitrogen and oxygen atoms in total. The maximum Gasteiger partial charge on any atom is 0.235 e. The lowest BCUT2D eigenvalue weighted by atomic mass is 10.3. The molecular weight excluding hydrogens is 266 g/mol. The lowest BCUT2D eigenvalue weighted by Crippen LogP contribution is -2.05. The summed E-state index contributed by atoms with van der Waals surface area (Å²) in [6.45, 7) is 1.61. The van der Waals surface area contributed by atoms with Crippen molar-refractivity contribution < 1.29 is 13.2 Å². The molecule has 0 aliphatic rings. The standard InChI is InChI=1S/C12H15N3O3S/c1-3-19(16,17)10-6-4-9(5-7-10)15-11(13)8-12(14-15)18-2/h4-8H,3,13H2,1-2H3. The molecule has 1 heterocycles. The highest BCUT2D eigenvalue weighted by Gasteiger charge is 2.12. The van der Waals surface area contributed by atoms with Gasteiger partial charge in [0.2, 0.25) is 5.88 Å². The Labute approximate surface area is 111 Å². The van der Waals surface area contributed by atoms with Crippen molar-refractivity contribution in [3.05, 3.63) is 30.3 Å². The lowest BCUT2D eigenvalue weighted by molar-refractivity contribution is 0.394. The molecule has 102 valence electrons.